The molecule has 0 radical (unpaired) electrons. The maximum absolute atomic E-state index is 11.8. The molecule has 0 aromatic rings. The van der Waals surface area contributed by atoms with E-state index in [1.165, 1.54) is 36.8 Å². The van der Waals surface area contributed by atoms with Crippen LogP contribution in [0.3, 0.4) is 0 Å². The van der Waals surface area contributed by atoms with Crippen molar-refractivity contribution in [2.75, 3.05) is 0 Å². The summed E-state index contributed by atoms with van der Waals surface area (Å²) < 4.78 is 0. The van der Waals surface area contributed by atoms with Gasteiger partial charge in [-0.3, -0.25) is 4.79 Å². The van der Waals surface area contributed by atoms with Crippen molar-refractivity contribution < 1.29 is 4.79 Å². The molecule has 0 spiro atoms. The second kappa shape index (κ2) is 4.21. The van der Waals surface area contributed by atoms with Crippen LogP contribution in [0.1, 0.15) is 52.4 Å². The third-order valence-electron chi connectivity index (χ3n) is 7.27. The van der Waals surface area contributed by atoms with Crippen LogP contribution in [0, 0.1) is 28.6 Å². The Hall–Kier alpha value is -1.11. The van der Waals surface area contributed by atoms with E-state index in [1.807, 2.05) is 6.08 Å². The lowest BCUT2D eigenvalue weighted by molar-refractivity contribution is -0.116. The molecule has 0 heterocycles. The Labute approximate surface area is 128 Å². The topological polar surface area (TPSA) is 17.1 Å². The highest BCUT2D eigenvalue weighted by atomic mass is 16.1. The van der Waals surface area contributed by atoms with Crippen LogP contribution in [0.15, 0.2) is 36.0 Å². The van der Waals surface area contributed by atoms with Gasteiger partial charge in [0.05, 0.1) is 0 Å². The molecule has 0 aliphatic heterocycles. The average molecular weight is 282 g/mol. The molecule has 0 aromatic carbocycles. The summed E-state index contributed by atoms with van der Waals surface area (Å²) in [6, 6.07) is 0. The number of hydrogen-bond acceptors (Lipinski definition) is 1. The van der Waals surface area contributed by atoms with Gasteiger partial charge in [0, 0.05) is 6.42 Å². The van der Waals surface area contributed by atoms with Crippen LogP contribution >= 0.6 is 0 Å². The molecule has 0 unspecified atom stereocenters. The average Bonchev–Trinajstić information content (AvgIpc) is 2.76. The highest BCUT2D eigenvalue weighted by Crippen LogP contribution is 2.64. The highest BCUT2D eigenvalue weighted by Gasteiger charge is 2.55. The zero-order chi connectivity index (χ0) is 14.8. The van der Waals surface area contributed by atoms with Gasteiger partial charge in [0.25, 0.3) is 0 Å². The summed E-state index contributed by atoms with van der Waals surface area (Å²) in [5, 5.41) is 0. The standard InChI is InChI=1S/C20H26O/c1-13-6-9-19(2)10-8-17-16(18(13)19)5-4-14-12-15(21)7-11-20(14,17)3/h4-5,12,16-18H,1,6-11H2,2-3H3/t16-,17+,18+,19+,20+/m1/s1. The fourth-order valence-electron chi connectivity index (χ4n) is 5.96. The summed E-state index contributed by atoms with van der Waals surface area (Å²) in [6.45, 7) is 9.30. The van der Waals surface area contributed by atoms with Crippen LogP contribution in [-0.4, -0.2) is 5.78 Å². The monoisotopic (exact) mass is 282 g/mol. The van der Waals surface area contributed by atoms with Gasteiger partial charge in [-0.25, -0.2) is 0 Å². The molecule has 5 atom stereocenters. The van der Waals surface area contributed by atoms with Crippen molar-refractivity contribution in [1.29, 1.82) is 0 Å². The second-order valence-corrected chi connectivity index (χ2v) is 8.36. The van der Waals surface area contributed by atoms with Gasteiger partial charge in [-0.1, -0.05) is 38.2 Å². The first-order chi connectivity index (χ1) is 9.94. The van der Waals surface area contributed by atoms with Crippen LogP contribution < -0.4 is 0 Å². The predicted molar refractivity (Wildman–Crippen MR) is 85.8 cm³/mol. The molecule has 1 heteroatoms. The molecule has 0 amide bonds. The van der Waals surface area contributed by atoms with Crippen molar-refractivity contribution in [3.05, 3.63) is 36.0 Å². The van der Waals surface area contributed by atoms with Gasteiger partial charge in [-0.15, -0.1) is 0 Å². The zero-order valence-electron chi connectivity index (χ0n) is 13.3. The normalized spacial score (nSPS) is 48.5. The van der Waals surface area contributed by atoms with Crippen molar-refractivity contribution in [3.8, 4) is 0 Å². The Morgan fingerprint density at radius 3 is 2.81 bits per heavy atom. The third kappa shape index (κ3) is 1.73. The van der Waals surface area contributed by atoms with E-state index >= 15 is 0 Å². The van der Waals surface area contributed by atoms with Gasteiger partial charge in [0.15, 0.2) is 5.78 Å². The van der Waals surface area contributed by atoms with Gasteiger partial charge in [0.1, 0.15) is 0 Å². The van der Waals surface area contributed by atoms with Crippen molar-refractivity contribution >= 4 is 5.78 Å². The molecule has 4 aliphatic carbocycles. The van der Waals surface area contributed by atoms with Crippen molar-refractivity contribution in [2.45, 2.75) is 52.4 Å². The number of allylic oxidation sites excluding steroid dienone is 5. The van der Waals surface area contributed by atoms with E-state index in [0.717, 1.165) is 12.8 Å². The van der Waals surface area contributed by atoms with E-state index in [4.69, 9.17) is 0 Å². The van der Waals surface area contributed by atoms with Crippen LogP contribution in [0.25, 0.3) is 0 Å². The van der Waals surface area contributed by atoms with E-state index in [-0.39, 0.29) is 5.41 Å². The molecule has 0 saturated heterocycles. The lowest BCUT2D eigenvalue weighted by atomic mass is 9.49. The minimum absolute atomic E-state index is 0.220. The molecule has 112 valence electrons. The fourth-order valence-corrected chi connectivity index (χ4v) is 5.96. The van der Waals surface area contributed by atoms with Crippen molar-refractivity contribution in [1.82, 2.24) is 0 Å². The van der Waals surface area contributed by atoms with E-state index < -0.39 is 0 Å². The second-order valence-electron chi connectivity index (χ2n) is 8.36. The summed E-state index contributed by atoms with van der Waals surface area (Å²) in [5.74, 6) is 2.34. The van der Waals surface area contributed by atoms with Crippen LogP contribution in [0.4, 0.5) is 0 Å². The highest BCUT2D eigenvalue weighted by molar-refractivity contribution is 5.92. The molecule has 2 fully saturated rings. The molecule has 21 heavy (non-hydrogen) atoms. The summed E-state index contributed by atoms with van der Waals surface area (Å²) >= 11 is 0. The van der Waals surface area contributed by atoms with E-state index in [2.05, 4.69) is 32.6 Å². The Kier molecular flexibility index (Phi) is 2.72. The minimum atomic E-state index is 0.220. The SMILES string of the molecule is C=C1CC[C@@]2(C)CC[C@H]3[C@@H](C=CC4=CC(=O)CC[C@@]43C)[C@H]12. The molecule has 4 rings (SSSR count). The number of carbonyl (C=O) groups excluding carboxylic acids is 1. The maximum Gasteiger partial charge on any atom is 0.156 e. The molecular formula is C20H26O. The largest absolute Gasteiger partial charge is 0.295 e. The van der Waals surface area contributed by atoms with E-state index in [1.54, 1.807) is 0 Å². The number of hydrogen-bond donors (Lipinski definition) is 0. The van der Waals surface area contributed by atoms with Gasteiger partial charge in [0.2, 0.25) is 0 Å². The molecule has 4 aliphatic rings. The summed E-state index contributed by atoms with van der Waals surface area (Å²) in [6.07, 6.45) is 13.6. The summed E-state index contributed by atoms with van der Waals surface area (Å²) in [4.78, 5) is 11.8. The van der Waals surface area contributed by atoms with Crippen LogP contribution in [-0.2, 0) is 4.79 Å². The molecule has 1 nitrogen and oxygen atoms in total. The predicted octanol–water partition coefficient (Wildman–Crippen LogP) is 4.85. The molecule has 0 bridgehead atoms. The molecule has 2 saturated carbocycles. The Morgan fingerprint density at radius 1 is 1.19 bits per heavy atom. The van der Waals surface area contributed by atoms with Gasteiger partial charge in [-0.05, 0) is 72.3 Å². The Morgan fingerprint density at radius 2 is 2.00 bits per heavy atom. The number of carbonyl (C=O) groups is 1. The first-order valence-corrected chi connectivity index (χ1v) is 8.55. The Balaban J connectivity index is 1.79. The quantitative estimate of drug-likeness (QED) is 0.580. The van der Waals surface area contributed by atoms with Gasteiger partial charge in [-0.2, -0.15) is 0 Å². The first-order valence-electron chi connectivity index (χ1n) is 8.55. The van der Waals surface area contributed by atoms with E-state index in [9.17, 15) is 4.79 Å². The third-order valence-corrected chi connectivity index (χ3v) is 7.27. The molecule has 0 N–H and O–H groups in total. The summed E-state index contributed by atoms with van der Waals surface area (Å²) in [5.41, 5.74) is 3.48. The van der Waals surface area contributed by atoms with Crippen LogP contribution in [0.5, 0.6) is 0 Å². The zero-order valence-corrected chi connectivity index (χ0v) is 13.3. The van der Waals surface area contributed by atoms with Gasteiger partial charge < -0.3 is 0 Å². The number of ketones is 1. The van der Waals surface area contributed by atoms with E-state index in [0.29, 0.717) is 29.0 Å². The van der Waals surface area contributed by atoms with Crippen molar-refractivity contribution in [3.63, 3.8) is 0 Å². The lowest BCUT2D eigenvalue weighted by Crippen LogP contribution is -2.47. The smallest absolute Gasteiger partial charge is 0.156 e. The van der Waals surface area contributed by atoms with Crippen LogP contribution in [0.2, 0.25) is 0 Å². The Bertz CT molecular complexity index is 581. The first kappa shape index (κ1) is 13.5. The summed E-state index contributed by atoms with van der Waals surface area (Å²) in [7, 11) is 0. The maximum atomic E-state index is 11.8. The molecule has 0 aromatic heterocycles. The number of rotatable bonds is 0. The van der Waals surface area contributed by atoms with Gasteiger partial charge >= 0.3 is 0 Å². The minimum Gasteiger partial charge on any atom is -0.295 e. The fraction of sp³-hybridized carbons (Fsp3) is 0.650. The molecular weight excluding hydrogens is 256 g/mol. The van der Waals surface area contributed by atoms with Crippen molar-refractivity contribution in [2.24, 2.45) is 28.6 Å². The number of fused-ring (bicyclic) bond motifs is 5. The lowest BCUT2D eigenvalue weighted by Gasteiger charge is -2.55.